The molecule has 1 aliphatic rings. The van der Waals surface area contributed by atoms with Crippen LogP contribution in [0.25, 0.3) is 0 Å². The van der Waals surface area contributed by atoms with Crippen LogP contribution in [0.3, 0.4) is 0 Å². The summed E-state index contributed by atoms with van der Waals surface area (Å²) in [5.74, 6) is 0.417. The van der Waals surface area contributed by atoms with E-state index in [1.165, 1.54) is 6.20 Å². The Balaban J connectivity index is 1.62. The van der Waals surface area contributed by atoms with Gasteiger partial charge in [0.15, 0.2) is 5.69 Å². The Morgan fingerprint density at radius 3 is 2.43 bits per heavy atom. The standard InChI is InChI=1S/C15H17N5O3/c1-23-12-4-2-3-11(9-12)14(21)19-5-7-20(8-6-19)15(22)13-10-16-18-17-13/h2-4,9-10H,5-8H2,1H3,(H,16,17,18). The predicted molar refractivity (Wildman–Crippen MR) is 81.2 cm³/mol. The van der Waals surface area contributed by atoms with Gasteiger partial charge in [0.25, 0.3) is 11.8 Å². The Kier molecular flexibility index (Phi) is 4.22. The molecule has 0 spiro atoms. The monoisotopic (exact) mass is 315 g/mol. The highest BCUT2D eigenvalue weighted by Crippen LogP contribution is 2.16. The molecule has 2 amide bonds. The third-order valence-electron chi connectivity index (χ3n) is 3.80. The number of nitrogens with zero attached hydrogens (tertiary/aromatic N) is 4. The molecule has 3 rings (SSSR count). The molecular formula is C15H17N5O3. The number of H-pyrrole nitrogens is 1. The van der Waals surface area contributed by atoms with Crippen LogP contribution in [0, 0.1) is 0 Å². The summed E-state index contributed by atoms with van der Waals surface area (Å²) in [5.41, 5.74) is 0.873. The SMILES string of the molecule is COc1cccc(C(=O)N2CCN(C(=O)c3cn[nH]n3)CC2)c1. The van der Waals surface area contributed by atoms with Crippen LogP contribution < -0.4 is 4.74 Å². The molecule has 0 atom stereocenters. The van der Waals surface area contributed by atoms with Gasteiger partial charge in [0.05, 0.1) is 13.3 Å². The lowest BCUT2D eigenvalue weighted by atomic mass is 10.1. The quantitative estimate of drug-likeness (QED) is 0.886. The number of ether oxygens (including phenoxy) is 1. The smallest absolute Gasteiger partial charge is 0.276 e. The number of carbonyl (C=O) groups excluding carboxylic acids is 2. The number of piperazine rings is 1. The van der Waals surface area contributed by atoms with Gasteiger partial charge in [0.1, 0.15) is 5.75 Å². The van der Waals surface area contributed by atoms with Crippen molar-refractivity contribution in [3.63, 3.8) is 0 Å². The fourth-order valence-electron chi connectivity index (χ4n) is 2.52. The van der Waals surface area contributed by atoms with Crippen molar-refractivity contribution in [3.05, 3.63) is 41.7 Å². The number of methoxy groups -OCH3 is 1. The number of benzene rings is 1. The minimum absolute atomic E-state index is 0.0579. The predicted octanol–water partition coefficient (Wildman–Crippen LogP) is 0.411. The van der Waals surface area contributed by atoms with Crippen LogP contribution >= 0.6 is 0 Å². The van der Waals surface area contributed by atoms with E-state index in [0.29, 0.717) is 37.5 Å². The van der Waals surface area contributed by atoms with E-state index in [2.05, 4.69) is 15.4 Å². The lowest BCUT2D eigenvalue weighted by molar-refractivity contribution is 0.0532. The molecule has 120 valence electrons. The summed E-state index contributed by atoms with van der Waals surface area (Å²) in [6.07, 6.45) is 1.40. The molecule has 1 saturated heterocycles. The number of amides is 2. The van der Waals surface area contributed by atoms with E-state index in [0.717, 1.165) is 0 Å². The summed E-state index contributed by atoms with van der Waals surface area (Å²) in [6.45, 7) is 1.92. The van der Waals surface area contributed by atoms with E-state index in [4.69, 9.17) is 4.74 Å². The Bertz CT molecular complexity index is 693. The molecular weight excluding hydrogens is 298 g/mol. The van der Waals surface area contributed by atoms with Crippen LogP contribution in [0.2, 0.25) is 0 Å². The van der Waals surface area contributed by atoms with Crippen LogP contribution in [-0.4, -0.2) is 70.3 Å². The maximum absolute atomic E-state index is 12.5. The molecule has 2 heterocycles. The van der Waals surface area contributed by atoms with Gasteiger partial charge >= 0.3 is 0 Å². The van der Waals surface area contributed by atoms with Crippen molar-refractivity contribution in [3.8, 4) is 5.75 Å². The molecule has 1 N–H and O–H groups in total. The number of carbonyl (C=O) groups is 2. The summed E-state index contributed by atoms with van der Waals surface area (Å²) in [7, 11) is 1.57. The summed E-state index contributed by atoms with van der Waals surface area (Å²) in [5, 5.41) is 9.85. The first kappa shape index (κ1) is 15.0. The van der Waals surface area contributed by atoms with Gasteiger partial charge in [-0.05, 0) is 18.2 Å². The molecule has 0 bridgehead atoms. The van der Waals surface area contributed by atoms with Gasteiger partial charge < -0.3 is 14.5 Å². The van der Waals surface area contributed by atoms with Gasteiger partial charge in [-0.1, -0.05) is 6.07 Å². The zero-order valence-electron chi connectivity index (χ0n) is 12.7. The lowest BCUT2D eigenvalue weighted by Gasteiger charge is -2.34. The Hall–Kier alpha value is -2.90. The summed E-state index contributed by atoms with van der Waals surface area (Å²) in [6, 6.07) is 7.06. The zero-order valence-corrected chi connectivity index (χ0v) is 12.7. The van der Waals surface area contributed by atoms with Crippen molar-refractivity contribution in [2.45, 2.75) is 0 Å². The summed E-state index contributed by atoms with van der Waals surface area (Å²) in [4.78, 5) is 28.1. The van der Waals surface area contributed by atoms with Crippen molar-refractivity contribution < 1.29 is 14.3 Å². The number of hydrogen-bond donors (Lipinski definition) is 1. The van der Waals surface area contributed by atoms with Gasteiger partial charge in [-0.3, -0.25) is 9.59 Å². The fraction of sp³-hybridized carbons (Fsp3) is 0.333. The number of nitrogens with one attached hydrogen (secondary N) is 1. The normalized spacial score (nSPS) is 14.7. The van der Waals surface area contributed by atoms with Crippen LogP contribution in [0.5, 0.6) is 5.75 Å². The molecule has 0 saturated carbocycles. The highest BCUT2D eigenvalue weighted by atomic mass is 16.5. The first-order chi connectivity index (χ1) is 11.2. The molecule has 1 aromatic carbocycles. The minimum Gasteiger partial charge on any atom is -0.497 e. The molecule has 8 heteroatoms. The van der Waals surface area contributed by atoms with Crippen LogP contribution in [0.15, 0.2) is 30.5 Å². The third kappa shape index (κ3) is 3.15. The highest BCUT2D eigenvalue weighted by Gasteiger charge is 2.26. The second-order valence-corrected chi connectivity index (χ2v) is 5.17. The van der Waals surface area contributed by atoms with E-state index in [9.17, 15) is 9.59 Å². The Labute approximate surface area is 133 Å². The molecule has 0 radical (unpaired) electrons. The van der Waals surface area contributed by atoms with E-state index in [1.54, 1.807) is 41.2 Å². The average molecular weight is 315 g/mol. The molecule has 8 nitrogen and oxygen atoms in total. The van der Waals surface area contributed by atoms with Gasteiger partial charge in [-0.25, -0.2) is 0 Å². The van der Waals surface area contributed by atoms with E-state index < -0.39 is 0 Å². The Morgan fingerprint density at radius 2 is 1.83 bits per heavy atom. The number of aromatic amines is 1. The van der Waals surface area contributed by atoms with Gasteiger partial charge in [0.2, 0.25) is 0 Å². The van der Waals surface area contributed by atoms with Crippen molar-refractivity contribution in [2.24, 2.45) is 0 Å². The van der Waals surface area contributed by atoms with Crippen molar-refractivity contribution in [2.75, 3.05) is 33.3 Å². The maximum atomic E-state index is 12.5. The van der Waals surface area contributed by atoms with Crippen LogP contribution in [0.4, 0.5) is 0 Å². The maximum Gasteiger partial charge on any atom is 0.276 e. The van der Waals surface area contributed by atoms with Crippen molar-refractivity contribution >= 4 is 11.8 Å². The van der Waals surface area contributed by atoms with Crippen molar-refractivity contribution in [1.82, 2.24) is 25.2 Å². The average Bonchev–Trinajstić information content (AvgIpc) is 3.15. The Morgan fingerprint density at radius 1 is 1.13 bits per heavy atom. The molecule has 0 unspecified atom stereocenters. The lowest BCUT2D eigenvalue weighted by Crippen LogP contribution is -2.50. The van der Waals surface area contributed by atoms with Crippen LogP contribution in [-0.2, 0) is 0 Å². The first-order valence-electron chi connectivity index (χ1n) is 7.27. The number of rotatable bonds is 3. The zero-order chi connectivity index (χ0) is 16.2. The second-order valence-electron chi connectivity index (χ2n) is 5.17. The number of aromatic nitrogens is 3. The summed E-state index contributed by atoms with van der Waals surface area (Å²) < 4.78 is 5.14. The number of hydrogen-bond acceptors (Lipinski definition) is 5. The van der Waals surface area contributed by atoms with Gasteiger partial charge in [-0.2, -0.15) is 15.4 Å². The molecule has 1 fully saturated rings. The molecule has 0 aliphatic carbocycles. The fourth-order valence-corrected chi connectivity index (χ4v) is 2.52. The third-order valence-corrected chi connectivity index (χ3v) is 3.80. The highest BCUT2D eigenvalue weighted by molar-refractivity contribution is 5.95. The molecule has 1 aliphatic heterocycles. The van der Waals surface area contributed by atoms with E-state index in [1.807, 2.05) is 0 Å². The van der Waals surface area contributed by atoms with Gasteiger partial charge in [0, 0.05) is 31.7 Å². The molecule has 2 aromatic rings. The topological polar surface area (TPSA) is 91.4 Å². The van der Waals surface area contributed by atoms with Crippen LogP contribution in [0.1, 0.15) is 20.8 Å². The second kappa shape index (κ2) is 6.47. The minimum atomic E-state index is -0.174. The van der Waals surface area contributed by atoms with E-state index >= 15 is 0 Å². The molecule has 23 heavy (non-hydrogen) atoms. The molecule has 1 aromatic heterocycles. The first-order valence-corrected chi connectivity index (χ1v) is 7.27. The largest absolute Gasteiger partial charge is 0.497 e. The summed E-state index contributed by atoms with van der Waals surface area (Å²) >= 11 is 0. The van der Waals surface area contributed by atoms with Crippen molar-refractivity contribution in [1.29, 1.82) is 0 Å². The van der Waals surface area contributed by atoms with E-state index in [-0.39, 0.29) is 17.5 Å². The van der Waals surface area contributed by atoms with Gasteiger partial charge in [-0.15, -0.1) is 0 Å².